The van der Waals surface area contributed by atoms with Crippen LogP contribution in [0.3, 0.4) is 0 Å². The van der Waals surface area contributed by atoms with Crippen molar-refractivity contribution in [2.24, 2.45) is 7.05 Å². The standard InChI is InChI=1S/C13H13ClN4/c1-15-7-12-5-13(14)16-8-11(12)4-3-10-6-17-18(2)9-10/h5-6,8-9,15H,7H2,1-2H3. The average Bonchev–Trinajstić information content (AvgIpc) is 2.75. The van der Waals surface area contributed by atoms with Crippen LogP contribution in [0.15, 0.2) is 24.7 Å². The van der Waals surface area contributed by atoms with Crippen molar-refractivity contribution in [3.8, 4) is 11.8 Å². The zero-order valence-electron chi connectivity index (χ0n) is 10.2. The van der Waals surface area contributed by atoms with Crippen molar-refractivity contribution in [2.75, 3.05) is 7.05 Å². The summed E-state index contributed by atoms with van der Waals surface area (Å²) in [5, 5.41) is 7.63. The van der Waals surface area contributed by atoms with Crippen LogP contribution >= 0.6 is 11.6 Å². The number of aryl methyl sites for hydroxylation is 1. The van der Waals surface area contributed by atoms with E-state index >= 15 is 0 Å². The van der Waals surface area contributed by atoms with Crippen molar-refractivity contribution in [2.45, 2.75) is 6.54 Å². The molecule has 0 fully saturated rings. The number of nitrogens with one attached hydrogen (secondary N) is 1. The lowest BCUT2D eigenvalue weighted by Crippen LogP contribution is -2.07. The first-order valence-electron chi connectivity index (χ1n) is 5.48. The van der Waals surface area contributed by atoms with Gasteiger partial charge in [-0.2, -0.15) is 5.10 Å². The van der Waals surface area contributed by atoms with Crippen LogP contribution in [0.2, 0.25) is 5.15 Å². The molecule has 0 radical (unpaired) electrons. The highest BCUT2D eigenvalue weighted by Gasteiger charge is 2.01. The summed E-state index contributed by atoms with van der Waals surface area (Å²) in [6.45, 7) is 0.708. The van der Waals surface area contributed by atoms with E-state index in [4.69, 9.17) is 11.6 Å². The number of nitrogens with zero attached hydrogens (tertiary/aromatic N) is 3. The lowest BCUT2D eigenvalue weighted by atomic mass is 10.1. The van der Waals surface area contributed by atoms with Gasteiger partial charge >= 0.3 is 0 Å². The lowest BCUT2D eigenvalue weighted by Gasteiger charge is -2.03. The van der Waals surface area contributed by atoms with Gasteiger partial charge in [-0.15, -0.1) is 0 Å². The zero-order chi connectivity index (χ0) is 13.0. The first kappa shape index (κ1) is 12.6. The van der Waals surface area contributed by atoms with Crippen LogP contribution in [-0.2, 0) is 13.6 Å². The Kier molecular flexibility index (Phi) is 3.98. The Morgan fingerprint density at radius 2 is 2.22 bits per heavy atom. The van der Waals surface area contributed by atoms with E-state index in [0.717, 1.165) is 16.7 Å². The highest BCUT2D eigenvalue weighted by molar-refractivity contribution is 6.29. The van der Waals surface area contributed by atoms with Crippen LogP contribution in [-0.4, -0.2) is 21.8 Å². The highest BCUT2D eigenvalue weighted by Crippen LogP contribution is 2.12. The summed E-state index contributed by atoms with van der Waals surface area (Å²) in [5.41, 5.74) is 2.79. The van der Waals surface area contributed by atoms with Gasteiger partial charge in [-0.3, -0.25) is 4.68 Å². The molecule has 0 aliphatic rings. The van der Waals surface area contributed by atoms with Crippen molar-refractivity contribution >= 4 is 11.6 Å². The van der Waals surface area contributed by atoms with Gasteiger partial charge in [0.25, 0.3) is 0 Å². The molecule has 5 heteroatoms. The van der Waals surface area contributed by atoms with Gasteiger partial charge < -0.3 is 5.32 Å². The maximum absolute atomic E-state index is 5.87. The molecule has 0 aromatic carbocycles. The minimum Gasteiger partial charge on any atom is -0.316 e. The Balaban J connectivity index is 2.31. The first-order valence-corrected chi connectivity index (χ1v) is 5.86. The second-order valence-corrected chi connectivity index (χ2v) is 4.23. The molecule has 1 N–H and O–H groups in total. The number of aromatic nitrogens is 3. The molecule has 0 aliphatic carbocycles. The van der Waals surface area contributed by atoms with Gasteiger partial charge in [-0.05, 0) is 18.7 Å². The first-order chi connectivity index (χ1) is 8.69. The second-order valence-electron chi connectivity index (χ2n) is 3.85. The van der Waals surface area contributed by atoms with Gasteiger partial charge in [0.05, 0.1) is 11.8 Å². The predicted molar refractivity (Wildman–Crippen MR) is 71.2 cm³/mol. The van der Waals surface area contributed by atoms with Crippen molar-refractivity contribution in [3.63, 3.8) is 0 Å². The van der Waals surface area contributed by atoms with Gasteiger partial charge in [0.1, 0.15) is 5.15 Å². The second kappa shape index (κ2) is 5.67. The molecule has 0 amide bonds. The Hall–Kier alpha value is -1.83. The lowest BCUT2D eigenvalue weighted by molar-refractivity contribution is 0.767. The molecule has 0 saturated heterocycles. The number of halogens is 1. The molecule has 4 nitrogen and oxygen atoms in total. The minimum atomic E-state index is 0.479. The van der Waals surface area contributed by atoms with Crippen LogP contribution in [0.4, 0.5) is 0 Å². The number of hydrogen-bond donors (Lipinski definition) is 1. The fraction of sp³-hybridized carbons (Fsp3) is 0.231. The van der Waals surface area contributed by atoms with E-state index in [1.165, 1.54) is 0 Å². The van der Waals surface area contributed by atoms with Crippen LogP contribution in [0.1, 0.15) is 16.7 Å². The molecule has 2 aromatic heterocycles. The fourth-order valence-corrected chi connectivity index (χ4v) is 1.72. The molecular formula is C13H13ClN4. The average molecular weight is 261 g/mol. The Morgan fingerprint density at radius 1 is 1.39 bits per heavy atom. The Labute approximate surface area is 111 Å². The summed E-state index contributed by atoms with van der Waals surface area (Å²) in [6, 6.07) is 1.82. The quantitative estimate of drug-likeness (QED) is 0.659. The van der Waals surface area contributed by atoms with Crippen LogP contribution in [0.5, 0.6) is 0 Å². The molecule has 0 saturated carbocycles. The van der Waals surface area contributed by atoms with Crippen molar-refractivity contribution in [3.05, 3.63) is 46.5 Å². The molecular weight excluding hydrogens is 248 g/mol. The molecule has 0 bridgehead atoms. The molecule has 2 heterocycles. The minimum absolute atomic E-state index is 0.479. The molecule has 18 heavy (non-hydrogen) atoms. The van der Waals surface area contributed by atoms with Crippen LogP contribution in [0.25, 0.3) is 0 Å². The van der Waals surface area contributed by atoms with Gasteiger partial charge in [0, 0.05) is 31.5 Å². The van der Waals surface area contributed by atoms with E-state index < -0.39 is 0 Å². The highest BCUT2D eigenvalue weighted by atomic mass is 35.5. The molecule has 0 unspecified atom stereocenters. The summed E-state index contributed by atoms with van der Waals surface area (Å²) < 4.78 is 1.72. The molecule has 0 aliphatic heterocycles. The monoisotopic (exact) mass is 260 g/mol. The number of rotatable bonds is 2. The molecule has 2 rings (SSSR count). The third kappa shape index (κ3) is 3.10. The maximum Gasteiger partial charge on any atom is 0.129 e. The van der Waals surface area contributed by atoms with Gasteiger partial charge in [0.2, 0.25) is 0 Å². The normalized spacial score (nSPS) is 9.94. The summed E-state index contributed by atoms with van der Waals surface area (Å²) in [5.74, 6) is 6.15. The third-order valence-corrected chi connectivity index (χ3v) is 2.58. The van der Waals surface area contributed by atoms with Crippen molar-refractivity contribution in [1.29, 1.82) is 0 Å². The van der Waals surface area contributed by atoms with E-state index in [1.807, 2.05) is 26.4 Å². The van der Waals surface area contributed by atoms with Gasteiger partial charge in [0.15, 0.2) is 0 Å². The Morgan fingerprint density at radius 3 is 2.89 bits per heavy atom. The Bertz CT molecular complexity index is 607. The number of hydrogen-bond acceptors (Lipinski definition) is 3. The largest absolute Gasteiger partial charge is 0.316 e. The summed E-state index contributed by atoms with van der Waals surface area (Å²) in [6.07, 6.45) is 5.29. The summed E-state index contributed by atoms with van der Waals surface area (Å²) >= 11 is 5.87. The SMILES string of the molecule is CNCc1cc(Cl)ncc1C#Cc1cnn(C)c1. The topological polar surface area (TPSA) is 42.7 Å². The van der Waals surface area contributed by atoms with E-state index in [0.29, 0.717) is 11.7 Å². The fourth-order valence-electron chi connectivity index (χ4n) is 1.54. The van der Waals surface area contributed by atoms with E-state index in [9.17, 15) is 0 Å². The predicted octanol–water partition coefficient (Wildman–Crippen LogP) is 1.59. The van der Waals surface area contributed by atoms with Crippen LogP contribution < -0.4 is 5.32 Å². The molecule has 0 atom stereocenters. The smallest absolute Gasteiger partial charge is 0.129 e. The van der Waals surface area contributed by atoms with Crippen LogP contribution in [0, 0.1) is 11.8 Å². The van der Waals surface area contributed by atoms with E-state index in [2.05, 4.69) is 27.2 Å². The van der Waals surface area contributed by atoms with Crippen molar-refractivity contribution < 1.29 is 0 Å². The summed E-state index contributed by atoms with van der Waals surface area (Å²) in [7, 11) is 3.74. The zero-order valence-corrected chi connectivity index (χ0v) is 11.0. The molecule has 92 valence electrons. The van der Waals surface area contributed by atoms with Gasteiger partial charge in [-0.1, -0.05) is 23.4 Å². The molecule has 0 spiro atoms. The number of pyridine rings is 1. The van der Waals surface area contributed by atoms with E-state index in [-0.39, 0.29) is 0 Å². The molecule has 2 aromatic rings. The third-order valence-electron chi connectivity index (χ3n) is 2.37. The van der Waals surface area contributed by atoms with E-state index in [1.54, 1.807) is 17.1 Å². The van der Waals surface area contributed by atoms with Crippen molar-refractivity contribution in [1.82, 2.24) is 20.1 Å². The summed E-state index contributed by atoms with van der Waals surface area (Å²) in [4.78, 5) is 4.05. The van der Waals surface area contributed by atoms with Gasteiger partial charge in [-0.25, -0.2) is 4.98 Å². The maximum atomic E-state index is 5.87.